The Morgan fingerprint density at radius 2 is 1.53 bits per heavy atom. The standard InChI is InChI=1S/C12H20O5/c1-5-12(9(4)13,11(15)17-7-3)8-10(14)16-6-2/h5-8H2,1-4H3. The monoisotopic (exact) mass is 244 g/mol. The van der Waals surface area contributed by atoms with Crippen LogP contribution in [0.2, 0.25) is 0 Å². The lowest BCUT2D eigenvalue weighted by atomic mass is 9.78. The van der Waals surface area contributed by atoms with Crippen molar-refractivity contribution in [1.82, 2.24) is 0 Å². The third-order valence-electron chi connectivity index (χ3n) is 2.70. The van der Waals surface area contributed by atoms with Gasteiger partial charge in [0.05, 0.1) is 19.6 Å². The largest absolute Gasteiger partial charge is 0.466 e. The van der Waals surface area contributed by atoms with Crippen molar-refractivity contribution < 1.29 is 23.9 Å². The highest BCUT2D eigenvalue weighted by molar-refractivity contribution is 6.05. The predicted molar refractivity (Wildman–Crippen MR) is 61.3 cm³/mol. The second kappa shape index (κ2) is 7.04. The van der Waals surface area contributed by atoms with Gasteiger partial charge in [-0.05, 0) is 27.2 Å². The number of carbonyl (C=O) groups excluding carboxylic acids is 3. The number of hydrogen-bond acceptors (Lipinski definition) is 5. The van der Waals surface area contributed by atoms with Crippen LogP contribution in [0.3, 0.4) is 0 Å². The Balaban J connectivity index is 5.02. The number of hydrogen-bond donors (Lipinski definition) is 0. The first kappa shape index (κ1) is 15.6. The smallest absolute Gasteiger partial charge is 0.320 e. The zero-order valence-corrected chi connectivity index (χ0v) is 10.9. The summed E-state index contributed by atoms with van der Waals surface area (Å²) >= 11 is 0. The fourth-order valence-electron chi connectivity index (χ4n) is 1.59. The Hall–Kier alpha value is -1.39. The van der Waals surface area contributed by atoms with Crippen molar-refractivity contribution in [1.29, 1.82) is 0 Å². The minimum Gasteiger partial charge on any atom is -0.466 e. The fourth-order valence-corrected chi connectivity index (χ4v) is 1.59. The zero-order chi connectivity index (χ0) is 13.5. The normalized spacial score (nSPS) is 13.6. The van der Waals surface area contributed by atoms with E-state index in [0.29, 0.717) is 0 Å². The van der Waals surface area contributed by atoms with Crippen molar-refractivity contribution in [2.75, 3.05) is 13.2 Å². The van der Waals surface area contributed by atoms with Gasteiger partial charge in [0.15, 0.2) is 0 Å². The van der Waals surface area contributed by atoms with Gasteiger partial charge in [0.1, 0.15) is 11.2 Å². The molecule has 0 spiro atoms. The van der Waals surface area contributed by atoms with E-state index in [0.717, 1.165) is 0 Å². The number of Topliss-reactive ketones (excluding diaryl/α,β-unsaturated/α-hetero) is 1. The molecule has 0 aromatic rings. The Morgan fingerprint density at radius 1 is 1.00 bits per heavy atom. The number of ketones is 1. The van der Waals surface area contributed by atoms with Gasteiger partial charge in [0.2, 0.25) is 0 Å². The van der Waals surface area contributed by atoms with Crippen molar-refractivity contribution in [2.45, 2.75) is 40.5 Å². The molecule has 5 nitrogen and oxygen atoms in total. The van der Waals surface area contributed by atoms with Crippen molar-refractivity contribution in [3.8, 4) is 0 Å². The lowest BCUT2D eigenvalue weighted by Gasteiger charge is -2.26. The third-order valence-corrected chi connectivity index (χ3v) is 2.70. The highest BCUT2D eigenvalue weighted by Crippen LogP contribution is 2.30. The van der Waals surface area contributed by atoms with E-state index < -0.39 is 17.4 Å². The number of carbonyl (C=O) groups is 3. The van der Waals surface area contributed by atoms with Crippen LogP contribution < -0.4 is 0 Å². The van der Waals surface area contributed by atoms with Gasteiger partial charge in [-0.1, -0.05) is 6.92 Å². The predicted octanol–water partition coefficient (Wildman–Crippen LogP) is 1.49. The van der Waals surface area contributed by atoms with E-state index in [1.807, 2.05) is 0 Å². The summed E-state index contributed by atoms with van der Waals surface area (Å²) in [5, 5.41) is 0. The van der Waals surface area contributed by atoms with E-state index in [2.05, 4.69) is 0 Å². The van der Waals surface area contributed by atoms with E-state index in [1.54, 1.807) is 20.8 Å². The minimum absolute atomic E-state index is 0.177. The molecule has 0 fully saturated rings. The van der Waals surface area contributed by atoms with Gasteiger partial charge in [0, 0.05) is 0 Å². The number of esters is 2. The molecule has 17 heavy (non-hydrogen) atoms. The van der Waals surface area contributed by atoms with E-state index in [4.69, 9.17) is 9.47 Å². The van der Waals surface area contributed by atoms with Crippen LogP contribution in [0.4, 0.5) is 0 Å². The van der Waals surface area contributed by atoms with Gasteiger partial charge in [-0.3, -0.25) is 14.4 Å². The molecule has 0 amide bonds. The van der Waals surface area contributed by atoms with Crippen molar-refractivity contribution in [3.63, 3.8) is 0 Å². The van der Waals surface area contributed by atoms with Gasteiger partial charge in [0.25, 0.3) is 0 Å². The Bertz CT molecular complexity index is 297. The average molecular weight is 244 g/mol. The maximum Gasteiger partial charge on any atom is 0.320 e. The van der Waals surface area contributed by atoms with Crippen LogP contribution in [0.1, 0.15) is 40.5 Å². The first-order chi connectivity index (χ1) is 7.94. The molecule has 0 aromatic heterocycles. The Morgan fingerprint density at radius 3 is 1.88 bits per heavy atom. The highest BCUT2D eigenvalue weighted by atomic mass is 16.5. The molecule has 0 N–H and O–H groups in total. The maximum absolute atomic E-state index is 11.8. The Labute approximate surface area is 101 Å². The second-order valence-corrected chi connectivity index (χ2v) is 3.69. The molecular weight excluding hydrogens is 224 g/mol. The second-order valence-electron chi connectivity index (χ2n) is 3.69. The first-order valence-electron chi connectivity index (χ1n) is 5.78. The molecule has 0 aromatic carbocycles. The first-order valence-corrected chi connectivity index (χ1v) is 5.78. The van der Waals surface area contributed by atoms with Gasteiger partial charge < -0.3 is 9.47 Å². The van der Waals surface area contributed by atoms with E-state index >= 15 is 0 Å². The molecule has 0 saturated heterocycles. The summed E-state index contributed by atoms with van der Waals surface area (Å²) in [7, 11) is 0. The van der Waals surface area contributed by atoms with E-state index in [1.165, 1.54) is 6.92 Å². The zero-order valence-electron chi connectivity index (χ0n) is 10.9. The summed E-state index contributed by atoms with van der Waals surface area (Å²) in [5.41, 5.74) is -1.40. The molecule has 0 radical (unpaired) electrons. The summed E-state index contributed by atoms with van der Waals surface area (Å²) in [5.74, 6) is -1.58. The Kier molecular flexibility index (Phi) is 6.46. The molecule has 98 valence electrons. The summed E-state index contributed by atoms with van der Waals surface area (Å²) in [4.78, 5) is 34.9. The molecule has 0 heterocycles. The SMILES string of the molecule is CCOC(=O)CC(CC)(C(C)=O)C(=O)OCC. The number of ether oxygens (including phenoxy) is 2. The van der Waals surface area contributed by atoms with Crippen LogP contribution >= 0.6 is 0 Å². The molecule has 0 aliphatic carbocycles. The molecule has 0 rings (SSSR count). The molecule has 0 aliphatic rings. The van der Waals surface area contributed by atoms with Crippen LogP contribution in [0.25, 0.3) is 0 Å². The average Bonchev–Trinajstić information content (AvgIpc) is 2.26. The molecule has 5 heteroatoms. The van der Waals surface area contributed by atoms with Gasteiger partial charge in [-0.2, -0.15) is 0 Å². The third kappa shape index (κ3) is 3.84. The number of rotatable bonds is 7. The highest BCUT2D eigenvalue weighted by Gasteiger charge is 2.45. The van der Waals surface area contributed by atoms with Crippen molar-refractivity contribution in [2.24, 2.45) is 5.41 Å². The van der Waals surface area contributed by atoms with Gasteiger partial charge >= 0.3 is 11.9 Å². The fraction of sp³-hybridized carbons (Fsp3) is 0.750. The quantitative estimate of drug-likeness (QED) is 0.501. The van der Waals surface area contributed by atoms with Crippen LogP contribution in [0, 0.1) is 5.41 Å². The molecule has 0 aliphatic heterocycles. The van der Waals surface area contributed by atoms with Gasteiger partial charge in [-0.25, -0.2) is 0 Å². The van der Waals surface area contributed by atoms with E-state index in [9.17, 15) is 14.4 Å². The summed E-state index contributed by atoms with van der Waals surface area (Å²) in [6, 6.07) is 0. The molecule has 1 atom stereocenters. The molecular formula is C12H20O5. The minimum atomic E-state index is -1.40. The topological polar surface area (TPSA) is 69.7 Å². The van der Waals surface area contributed by atoms with Crippen molar-refractivity contribution >= 4 is 17.7 Å². The van der Waals surface area contributed by atoms with Crippen LogP contribution in [0.15, 0.2) is 0 Å². The lowest BCUT2D eigenvalue weighted by Crippen LogP contribution is -2.41. The molecule has 0 bridgehead atoms. The summed E-state index contributed by atoms with van der Waals surface area (Å²) in [6.45, 7) is 6.69. The van der Waals surface area contributed by atoms with Crippen LogP contribution in [-0.4, -0.2) is 30.9 Å². The van der Waals surface area contributed by atoms with E-state index in [-0.39, 0.29) is 31.8 Å². The van der Waals surface area contributed by atoms with Crippen molar-refractivity contribution in [3.05, 3.63) is 0 Å². The molecule has 0 saturated carbocycles. The van der Waals surface area contributed by atoms with Crippen LogP contribution in [0.5, 0.6) is 0 Å². The summed E-state index contributed by atoms with van der Waals surface area (Å²) in [6.07, 6.45) is -0.0362. The molecule has 1 unspecified atom stereocenters. The van der Waals surface area contributed by atoms with Crippen LogP contribution in [-0.2, 0) is 23.9 Å². The van der Waals surface area contributed by atoms with Gasteiger partial charge in [-0.15, -0.1) is 0 Å². The maximum atomic E-state index is 11.8. The lowest BCUT2D eigenvalue weighted by molar-refractivity contribution is -0.166. The summed E-state index contributed by atoms with van der Waals surface area (Å²) < 4.78 is 9.65.